The molecule has 5 heterocycles. The van der Waals surface area contributed by atoms with Crippen molar-refractivity contribution in [2.45, 2.75) is 37.6 Å². The van der Waals surface area contributed by atoms with Gasteiger partial charge in [-0.15, -0.1) is 23.4 Å². The molecule has 15 heteroatoms. The minimum atomic E-state index is -4.86. The summed E-state index contributed by atoms with van der Waals surface area (Å²) in [5.41, 5.74) is 2.82. The van der Waals surface area contributed by atoms with Gasteiger partial charge >= 0.3 is 6.36 Å². The molecule has 0 N–H and O–H groups in total. The molecule has 0 spiro atoms. The van der Waals surface area contributed by atoms with Gasteiger partial charge < -0.3 is 4.74 Å². The topological polar surface area (TPSA) is 121 Å². The first kappa shape index (κ1) is 25.7. The molecule has 1 aliphatic heterocycles. The van der Waals surface area contributed by atoms with Crippen molar-refractivity contribution >= 4 is 20.9 Å². The fourth-order valence-electron chi connectivity index (χ4n) is 5.12. The number of rotatable bonds is 7. The number of hydrogen-bond acceptors (Lipinski definition) is 9. The van der Waals surface area contributed by atoms with Gasteiger partial charge in [0.15, 0.2) is 15.5 Å². The van der Waals surface area contributed by atoms with Crippen molar-refractivity contribution in [3.8, 4) is 23.0 Å². The van der Waals surface area contributed by atoms with Gasteiger partial charge in [-0.25, -0.2) is 18.1 Å². The molecule has 1 saturated carbocycles. The molecule has 6 rings (SSSR count). The normalized spacial score (nSPS) is 18.9. The number of sulfone groups is 1. The van der Waals surface area contributed by atoms with E-state index < -0.39 is 22.1 Å². The van der Waals surface area contributed by atoms with Crippen molar-refractivity contribution in [2.24, 2.45) is 7.05 Å². The van der Waals surface area contributed by atoms with Crippen molar-refractivity contribution in [3.63, 3.8) is 0 Å². The van der Waals surface area contributed by atoms with E-state index in [2.05, 4.69) is 24.9 Å². The van der Waals surface area contributed by atoms with Crippen molar-refractivity contribution in [2.75, 3.05) is 24.6 Å². The summed E-state index contributed by atoms with van der Waals surface area (Å²) in [6.07, 6.45) is 2.21. The maximum Gasteiger partial charge on any atom is 0.574 e. The number of fused-ring (bicyclic) bond motifs is 1. The van der Waals surface area contributed by atoms with Gasteiger partial charge in [-0.1, -0.05) is 0 Å². The van der Waals surface area contributed by atoms with Crippen LogP contribution < -0.4 is 4.74 Å². The van der Waals surface area contributed by atoms with E-state index in [0.717, 1.165) is 36.4 Å². The average molecular weight is 563 g/mol. The molecule has 0 amide bonds. The maximum absolute atomic E-state index is 12.5. The SMILES string of the molecule is Cn1cc(-n2nc(CCC3(N4CCS(=O)(=O)CC4)CC3)c3ccc(-c4ccc(OC(F)(F)F)nn4)nc32)cn1. The zero-order valence-corrected chi connectivity index (χ0v) is 21.8. The molecule has 2 aliphatic rings. The van der Waals surface area contributed by atoms with Crippen LogP contribution >= 0.6 is 0 Å². The van der Waals surface area contributed by atoms with Crippen LogP contribution in [0.4, 0.5) is 13.2 Å². The van der Waals surface area contributed by atoms with Gasteiger partial charge in [0, 0.05) is 37.1 Å². The second kappa shape index (κ2) is 9.26. The Balaban J connectivity index is 1.29. The number of hydrogen-bond donors (Lipinski definition) is 0. The highest BCUT2D eigenvalue weighted by Gasteiger charge is 2.48. The predicted octanol–water partition coefficient (Wildman–Crippen LogP) is 2.71. The lowest BCUT2D eigenvalue weighted by Crippen LogP contribution is -2.47. The van der Waals surface area contributed by atoms with Crippen LogP contribution in [0, 0.1) is 0 Å². The summed E-state index contributed by atoms with van der Waals surface area (Å²) in [5, 5.41) is 17.3. The van der Waals surface area contributed by atoms with Crippen molar-refractivity contribution in [3.05, 3.63) is 42.4 Å². The summed E-state index contributed by atoms with van der Waals surface area (Å²) >= 11 is 0. The quantitative estimate of drug-likeness (QED) is 0.335. The zero-order valence-electron chi connectivity index (χ0n) is 21.0. The number of aryl methyl sites for hydroxylation is 2. The van der Waals surface area contributed by atoms with Crippen LogP contribution in [0.3, 0.4) is 0 Å². The molecule has 0 atom stereocenters. The number of pyridine rings is 1. The van der Waals surface area contributed by atoms with Gasteiger partial charge in [0.05, 0.1) is 35.3 Å². The molecule has 206 valence electrons. The van der Waals surface area contributed by atoms with Gasteiger partial charge in [-0.2, -0.15) is 10.2 Å². The lowest BCUT2D eigenvalue weighted by Gasteiger charge is -2.34. The van der Waals surface area contributed by atoms with Crippen molar-refractivity contribution in [1.29, 1.82) is 0 Å². The highest BCUT2D eigenvalue weighted by molar-refractivity contribution is 7.91. The Labute approximate surface area is 221 Å². The molecular formula is C24H25F3N8O3S. The highest BCUT2D eigenvalue weighted by Crippen LogP contribution is 2.46. The third-order valence-electron chi connectivity index (χ3n) is 7.34. The first-order valence-corrected chi connectivity index (χ1v) is 14.3. The lowest BCUT2D eigenvalue weighted by molar-refractivity contribution is -0.276. The minimum absolute atomic E-state index is 0.00351. The van der Waals surface area contributed by atoms with E-state index in [9.17, 15) is 21.6 Å². The summed E-state index contributed by atoms with van der Waals surface area (Å²) in [6.45, 7) is 1.12. The van der Waals surface area contributed by atoms with E-state index in [1.54, 1.807) is 28.7 Å². The van der Waals surface area contributed by atoms with Gasteiger partial charge in [-0.3, -0.25) is 9.58 Å². The molecule has 39 heavy (non-hydrogen) atoms. The third kappa shape index (κ3) is 5.32. The summed E-state index contributed by atoms with van der Waals surface area (Å²) in [4.78, 5) is 7.06. The van der Waals surface area contributed by atoms with E-state index in [0.29, 0.717) is 36.5 Å². The third-order valence-corrected chi connectivity index (χ3v) is 8.94. The zero-order chi connectivity index (χ0) is 27.4. The Hall–Kier alpha value is -3.59. The largest absolute Gasteiger partial charge is 0.574 e. The summed E-state index contributed by atoms with van der Waals surface area (Å²) in [7, 11) is -1.15. The van der Waals surface area contributed by atoms with E-state index in [4.69, 9.17) is 10.1 Å². The van der Waals surface area contributed by atoms with Gasteiger partial charge in [-0.05, 0) is 43.9 Å². The summed E-state index contributed by atoms with van der Waals surface area (Å²) < 4.78 is 68.4. The molecule has 11 nitrogen and oxygen atoms in total. The van der Waals surface area contributed by atoms with Crippen LogP contribution in [0.5, 0.6) is 5.88 Å². The van der Waals surface area contributed by atoms with E-state index in [1.165, 1.54) is 6.07 Å². The molecule has 1 aliphatic carbocycles. The van der Waals surface area contributed by atoms with Crippen LogP contribution in [-0.4, -0.2) is 84.6 Å². The fraction of sp³-hybridized carbons (Fsp3) is 0.458. The molecule has 4 aromatic rings. The van der Waals surface area contributed by atoms with Gasteiger partial charge in [0.2, 0.25) is 5.88 Å². The molecule has 1 saturated heterocycles. The number of halogens is 3. The molecular weight excluding hydrogens is 537 g/mol. The van der Waals surface area contributed by atoms with Crippen molar-refractivity contribution in [1.82, 2.24) is 39.6 Å². The number of nitrogens with zero attached hydrogens (tertiary/aromatic N) is 8. The molecule has 0 aromatic carbocycles. The smallest absolute Gasteiger partial charge is 0.386 e. The average Bonchev–Trinajstić information content (AvgIpc) is 3.40. The molecule has 0 radical (unpaired) electrons. The second-order valence-electron chi connectivity index (χ2n) is 9.97. The Morgan fingerprint density at radius 3 is 2.41 bits per heavy atom. The molecule has 2 fully saturated rings. The molecule has 0 bridgehead atoms. The van der Waals surface area contributed by atoms with Crippen molar-refractivity contribution < 1.29 is 26.3 Å². The van der Waals surface area contributed by atoms with Gasteiger partial charge in [0.25, 0.3) is 0 Å². The summed E-state index contributed by atoms with van der Waals surface area (Å²) in [5.74, 6) is -0.256. The Morgan fingerprint density at radius 2 is 1.79 bits per heavy atom. The van der Waals surface area contributed by atoms with E-state index >= 15 is 0 Å². The Kier molecular flexibility index (Phi) is 6.10. The van der Waals surface area contributed by atoms with E-state index in [1.807, 2.05) is 12.3 Å². The first-order valence-electron chi connectivity index (χ1n) is 12.4. The first-order chi connectivity index (χ1) is 18.5. The molecule has 0 unspecified atom stereocenters. The highest BCUT2D eigenvalue weighted by atomic mass is 32.2. The fourth-order valence-corrected chi connectivity index (χ4v) is 6.32. The predicted molar refractivity (Wildman–Crippen MR) is 134 cm³/mol. The van der Waals surface area contributed by atoms with Crippen LogP contribution in [-0.2, 0) is 23.3 Å². The monoisotopic (exact) mass is 562 g/mol. The standard InChI is InChI=1S/C24H25F3N8O3S/c1-33-15-16(14-28-33)35-22-17(2-3-19(29-22)20-4-5-21(31-30-20)38-24(25,26)27)18(32-35)6-7-23(8-9-23)34-10-12-39(36,37)13-11-34/h2-5,14-15H,6-13H2,1H3. The lowest BCUT2D eigenvalue weighted by atomic mass is 10.0. The van der Waals surface area contributed by atoms with Crippen LogP contribution in [0.1, 0.15) is 25.0 Å². The minimum Gasteiger partial charge on any atom is -0.386 e. The second-order valence-corrected chi connectivity index (χ2v) is 12.3. The van der Waals surface area contributed by atoms with Crippen LogP contribution in [0.15, 0.2) is 36.7 Å². The molecule has 4 aromatic heterocycles. The van der Waals surface area contributed by atoms with Crippen LogP contribution in [0.2, 0.25) is 0 Å². The van der Waals surface area contributed by atoms with E-state index in [-0.39, 0.29) is 22.7 Å². The number of alkyl halides is 3. The number of aromatic nitrogens is 7. The summed E-state index contributed by atoms with van der Waals surface area (Å²) in [6, 6.07) is 6.07. The maximum atomic E-state index is 12.5. The number of ether oxygens (including phenoxy) is 1. The van der Waals surface area contributed by atoms with Crippen LogP contribution in [0.25, 0.3) is 28.1 Å². The Bertz CT molecular complexity index is 1610. The Morgan fingerprint density at radius 1 is 1.05 bits per heavy atom. The van der Waals surface area contributed by atoms with Gasteiger partial charge in [0.1, 0.15) is 11.4 Å².